The van der Waals surface area contributed by atoms with Crippen LogP contribution in [0.3, 0.4) is 0 Å². The van der Waals surface area contributed by atoms with E-state index in [2.05, 4.69) is 29.0 Å². The molecule has 0 aliphatic carbocycles. The van der Waals surface area contributed by atoms with E-state index in [1.54, 1.807) is 11.3 Å². The minimum atomic E-state index is -0.0550. The second kappa shape index (κ2) is 8.34. The minimum Gasteiger partial charge on any atom is -0.484 e. The molecule has 0 saturated carbocycles. The molecule has 1 N–H and O–H groups in total. The number of thiazole rings is 1. The van der Waals surface area contributed by atoms with Crippen LogP contribution >= 0.6 is 11.3 Å². The van der Waals surface area contributed by atoms with Crippen molar-refractivity contribution in [2.24, 2.45) is 0 Å². The first-order valence-corrected chi connectivity index (χ1v) is 9.66. The van der Waals surface area contributed by atoms with Gasteiger partial charge in [-0.15, -0.1) is 11.3 Å². The summed E-state index contributed by atoms with van der Waals surface area (Å²) < 4.78 is 5.59. The van der Waals surface area contributed by atoms with Gasteiger partial charge in [0, 0.05) is 30.7 Å². The van der Waals surface area contributed by atoms with Crippen molar-refractivity contribution in [2.45, 2.75) is 38.6 Å². The van der Waals surface area contributed by atoms with Crippen molar-refractivity contribution in [3.05, 3.63) is 41.4 Å². The monoisotopic (exact) mass is 359 g/mol. The van der Waals surface area contributed by atoms with Crippen molar-refractivity contribution in [3.8, 4) is 5.75 Å². The Morgan fingerprint density at radius 3 is 2.64 bits per heavy atom. The van der Waals surface area contributed by atoms with E-state index in [9.17, 15) is 4.79 Å². The molecular weight excluding hydrogens is 334 g/mol. The highest BCUT2D eigenvalue weighted by atomic mass is 32.1. The van der Waals surface area contributed by atoms with Crippen LogP contribution in [0.2, 0.25) is 0 Å². The van der Waals surface area contributed by atoms with Crippen LogP contribution in [0.25, 0.3) is 0 Å². The van der Waals surface area contributed by atoms with Crippen molar-refractivity contribution in [2.75, 3.05) is 24.6 Å². The van der Waals surface area contributed by atoms with Crippen molar-refractivity contribution in [1.29, 1.82) is 0 Å². The molecule has 0 unspecified atom stereocenters. The van der Waals surface area contributed by atoms with Gasteiger partial charge in [0.15, 0.2) is 11.7 Å². The Bertz CT molecular complexity index is 662. The summed E-state index contributed by atoms with van der Waals surface area (Å²) in [6.45, 7) is 6.23. The quantitative estimate of drug-likeness (QED) is 0.858. The fourth-order valence-electron chi connectivity index (χ4n) is 2.95. The zero-order valence-electron chi connectivity index (χ0n) is 14.8. The van der Waals surface area contributed by atoms with E-state index in [0.717, 1.165) is 36.8 Å². The number of ether oxygens (including phenoxy) is 1. The molecular formula is C19H25N3O2S. The molecule has 0 radical (unpaired) electrons. The summed E-state index contributed by atoms with van der Waals surface area (Å²) in [5.74, 6) is 1.17. The van der Waals surface area contributed by atoms with Crippen LogP contribution in [0, 0.1) is 0 Å². The molecule has 3 rings (SSSR count). The fourth-order valence-corrected chi connectivity index (χ4v) is 3.65. The lowest BCUT2D eigenvalue weighted by Crippen LogP contribution is -2.46. The molecule has 25 heavy (non-hydrogen) atoms. The first kappa shape index (κ1) is 17.7. The lowest BCUT2D eigenvalue weighted by molar-refractivity contribution is -0.123. The van der Waals surface area contributed by atoms with Crippen LogP contribution in [0.5, 0.6) is 5.75 Å². The van der Waals surface area contributed by atoms with Gasteiger partial charge in [0.2, 0.25) is 0 Å². The smallest absolute Gasteiger partial charge is 0.258 e. The maximum atomic E-state index is 12.1. The van der Waals surface area contributed by atoms with Crippen LogP contribution in [-0.2, 0) is 4.79 Å². The maximum absolute atomic E-state index is 12.1. The number of hydrogen-bond donors (Lipinski definition) is 1. The number of carbonyl (C=O) groups is 1. The van der Waals surface area contributed by atoms with Crippen LogP contribution in [0.15, 0.2) is 35.8 Å². The van der Waals surface area contributed by atoms with E-state index >= 15 is 0 Å². The van der Waals surface area contributed by atoms with Gasteiger partial charge in [0.1, 0.15) is 5.75 Å². The summed E-state index contributed by atoms with van der Waals surface area (Å²) in [4.78, 5) is 18.7. The molecule has 1 aliphatic rings. The molecule has 5 nitrogen and oxygen atoms in total. The fraction of sp³-hybridized carbons (Fsp3) is 0.474. The number of nitrogens with zero attached hydrogens (tertiary/aromatic N) is 2. The number of aromatic nitrogens is 1. The molecule has 0 bridgehead atoms. The van der Waals surface area contributed by atoms with Gasteiger partial charge in [-0.3, -0.25) is 4.79 Å². The van der Waals surface area contributed by atoms with Crippen molar-refractivity contribution in [1.82, 2.24) is 10.3 Å². The minimum absolute atomic E-state index is 0.0550. The van der Waals surface area contributed by atoms with Crippen molar-refractivity contribution >= 4 is 22.4 Å². The van der Waals surface area contributed by atoms with E-state index in [1.807, 2.05) is 35.8 Å². The van der Waals surface area contributed by atoms with Gasteiger partial charge in [0.25, 0.3) is 5.91 Å². The predicted octanol–water partition coefficient (Wildman–Crippen LogP) is 3.43. The Labute approximate surface area is 153 Å². The summed E-state index contributed by atoms with van der Waals surface area (Å²) in [5.41, 5.74) is 1.27. The number of nitrogens with one attached hydrogen (secondary N) is 1. The zero-order chi connectivity index (χ0) is 17.6. The molecule has 2 aromatic rings. The summed E-state index contributed by atoms with van der Waals surface area (Å²) >= 11 is 1.66. The maximum Gasteiger partial charge on any atom is 0.258 e. The van der Waals surface area contributed by atoms with E-state index < -0.39 is 0 Å². The molecule has 0 atom stereocenters. The van der Waals surface area contributed by atoms with E-state index in [4.69, 9.17) is 4.74 Å². The Hall–Kier alpha value is -2.08. The van der Waals surface area contributed by atoms with Crippen molar-refractivity contribution in [3.63, 3.8) is 0 Å². The number of piperidine rings is 1. The van der Waals surface area contributed by atoms with Gasteiger partial charge in [0.05, 0.1) is 0 Å². The largest absolute Gasteiger partial charge is 0.484 e. The molecule has 1 saturated heterocycles. The summed E-state index contributed by atoms with van der Waals surface area (Å²) in [7, 11) is 0. The third-order valence-corrected chi connectivity index (χ3v) is 5.30. The van der Waals surface area contributed by atoms with E-state index in [0.29, 0.717) is 5.92 Å². The molecule has 1 fully saturated rings. The molecule has 1 aromatic heterocycles. The zero-order valence-corrected chi connectivity index (χ0v) is 15.6. The van der Waals surface area contributed by atoms with E-state index in [-0.39, 0.29) is 18.6 Å². The molecule has 134 valence electrons. The molecule has 1 aliphatic heterocycles. The third-order valence-electron chi connectivity index (χ3n) is 4.47. The van der Waals surface area contributed by atoms with Crippen LogP contribution < -0.4 is 15.0 Å². The van der Waals surface area contributed by atoms with Crippen LogP contribution in [0.4, 0.5) is 5.13 Å². The third kappa shape index (κ3) is 4.95. The SMILES string of the molecule is CC(C)c1ccc(OCC(=O)NC2CCN(c3nccs3)CC2)cc1. The first-order chi connectivity index (χ1) is 12.1. The van der Waals surface area contributed by atoms with Gasteiger partial charge < -0.3 is 15.0 Å². The highest BCUT2D eigenvalue weighted by molar-refractivity contribution is 7.13. The normalized spacial score (nSPS) is 15.4. The first-order valence-electron chi connectivity index (χ1n) is 8.78. The number of anilines is 1. The molecule has 0 spiro atoms. The van der Waals surface area contributed by atoms with Gasteiger partial charge in [-0.05, 0) is 36.5 Å². The highest BCUT2D eigenvalue weighted by Gasteiger charge is 2.22. The second-order valence-corrected chi connectivity index (χ2v) is 7.53. The molecule has 2 heterocycles. The Balaban J connectivity index is 1.39. The Kier molecular flexibility index (Phi) is 5.91. The topological polar surface area (TPSA) is 54.5 Å². The Morgan fingerprint density at radius 1 is 1.32 bits per heavy atom. The average Bonchev–Trinajstić information content (AvgIpc) is 3.15. The van der Waals surface area contributed by atoms with Crippen LogP contribution in [-0.4, -0.2) is 36.6 Å². The van der Waals surface area contributed by atoms with Crippen molar-refractivity contribution < 1.29 is 9.53 Å². The van der Waals surface area contributed by atoms with Gasteiger partial charge in [-0.2, -0.15) is 0 Å². The lowest BCUT2D eigenvalue weighted by Gasteiger charge is -2.32. The van der Waals surface area contributed by atoms with Gasteiger partial charge in [-0.25, -0.2) is 4.98 Å². The number of amides is 1. The van der Waals surface area contributed by atoms with Gasteiger partial charge >= 0.3 is 0 Å². The van der Waals surface area contributed by atoms with E-state index in [1.165, 1.54) is 5.56 Å². The predicted molar refractivity (Wildman–Crippen MR) is 102 cm³/mol. The lowest BCUT2D eigenvalue weighted by atomic mass is 10.0. The summed E-state index contributed by atoms with van der Waals surface area (Å²) in [6, 6.07) is 8.17. The highest BCUT2D eigenvalue weighted by Crippen LogP contribution is 2.22. The average molecular weight is 359 g/mol. The molecule has 6 heteroatoms. The molecule has 1 amide bonds. The number of benzene rings is 1. The number of hydrogen-bond acceptors (Lipinski definition) is 5. The Morgan fingerprint density at radius 2 is 2.04 bits per heavy atom. The standard InChI is InChI=1S/C19H25N3O2S/c1-14(2)15-3-5-17(6-4-15)24-13-18(23)21-16-7-10-22(11-8-16)19-20-9-12-25-19/h3-6,9,12,14,16H,7-8,10-11,13H2,1-2H3,(H,21,23). The van der Waals surface area contributed by atoms with Gasteiger partial charge in [-0.1, -0.05) is 26.0 Å². The number of rotatable bonds is 6. The number of carbonyl (C=O) groups excluding carboxylic acids is 1. The van der Waals surface area contributed by atoms with Crippen LogP contribution in [0.1, 0.15) is 38.2 Å². The summed E-state index contributed by atoms with van der Waals surface area (Å²) in [5, 5.41) is 6.14. The second-order valence-electron chi connectivity index (χ2n) is 6.66. The molecule has 1 aromatic carbocycles. The summed E-state index contributed by atoms with van der Waals surface area (Å²) in [6.07, 6.45) is 3.71.